The summed E-state index contributed by atoms with van der Waals surface area (Å²) < 4.78 is 18.2. The summed E-state index contributed by atoms with van der Waals surface area (Å²) in [7, 11) is 1.53. The van der Waals surface area contributed by atoms with Gasteiger partial charge in [0, 0.05) is 34.9 Å². The van der Waals surface area contributed by atoms with E-state index in [1.165, 1.54) is 19.2 Å². The molecule has 3 aromatic carbocycles. The number of methoxy groups -OCH3 is 1. The third-order valence-electron chi connectivity index (χ3n) is 4.62. The molecule has 0 aliphatic heterocycles. The lowest BCUT2D eigenvalue weighted by molar-refractivity contribution is 0.102. The van der Waals surface area contributed by atoms with Crippen LogP contribution in [-0.4, -0.2) is 23.0 Å². The smallest absolute Gasteiger partial charge is 0.255 e. The molecule has 8 heteroatoms. The van der Waals surface area contributed by atoms with Gasteiger partial charge in [-0.3, -0.25) is 4.79 Å². The zero-order valence-corrected chi connectivity index (χ0v) is 17.7. The third kappa shape index (κ3) is 5.01. The quantitative estimate of drug-likeness (QED) is 0.381. The van der Waals surface area contributed by atoms with Crippen molar-refractivity contribution in [3.8, 4) is 16.9 Å². The van der Waals surface area contributed by atoms with E-state index in [0.29, 0.717) is 33.7 Å². The van der Waals surface area contributed by atoms with Crippen LogP contribution in [0.1, 0.15) is 10.4 Å². The molecular formula is C24H18ClFN4O2. The SMILES string of the molecule is COc1ccc(NC(=O)c2cccc(Nc3ncc(-c4ccc(F)cc4)cn3)c2)cc1Cl. The number of hydrogen-bond donors (Lipinski definition) is 2. The fraction of sp³-hybridized carbons (Fsp3) is 0.0417. The maximum atomic E-state index is 13.1. The maximum absolute atomic E-state index is 13.1. The molecule has 0 saturated heterocycles. The molecule has 32 heavy (non-hydrogen) atoms. The van der Waals surface area contributed by atoms with Crippen LogP contribution in [0, 0.1) is 5.82 Å². The number of ether oxygens (including phenoxy) is 1. The normalized spacial score (nSPS) is 10.5. The number of carbonyl (C=O) groups is 1. The van der Waals surface area contributed by atoms with E-state index < -0.39 is 0 Å². The number of nitrogens with one attached hydrogen (secondary N) is 2. The number of hydrogen-bond acceptors (Lipinski definition) is 5. The van der Waals surface area contributed by atoms with Gasteiger partial charge < -0.3 is 15.4 Å². The Morgan fingerprint density at radius 3 is 2.38 bits per heavy atom. The summed E-state index contributed by atoms with van der Waals surface area (Å²) in [6.45, 7) is 0. The lowest BCUT2D eigenvalue weighted by Crippen LogP contribution is -2.12. The minimum absolute atomic E-state index is 0.289. The number of nitrogens with zero attached hydrogens (tertiary/aromatic N) is 2. The predicted molar refractivity (Wildman–Crippen MR) is 123 cm³/mol. The van der Waals surface area contributed by atoms with Crippen molar-refractivity contribution in [1.82, 2.24) is 9.97 Å². The highest BCUT2D eigenvalue weighted by Gasteiger charge is 2.10. The minimum Gasteiger partial charge on any atom is -0.495 e. The molecule has 0 aliphatic rings. The molecule has 1 aromatic heterocycles. The third-order valence-corrected chi connectivity index (χ3v) is 4.92. The summed E-state index contributed by atoms with van der Waals surface area (Å²) in [6, 6.07) is 18.1. The molecule has 2 N–H and O–H groups in total. The topological polar surface area (TPSA) is 76.1 Å². The van der Waals surface area contributed by atoms with E-state index >= 15 is 0 Å². The van der Waals surface area contributed by atoms with Crippen LogP contribution in [0.5, 0.6) is 5.75 Å². The number of anilines is 3. The second-order valence-electron chi connectivity index (χ2n) is 6.81. The Hall–Kier alpha value is -3.97. The Morgan fingerprint density at radius 1 is 0.938 bits per heavy atom. The highest BCUT2D eigenvalue weighted by Crippen LogP contribution is 2.27. The zero-order chi connectivity index (χ0) is 22.5. The van der Waals surface area contributed by atoms with Crippen LogP contribution in [0.3, 0.4) is 0 Å². The molecule has 4 rings (SSSR count). The number of aromatic nitrogens is 2. The lowest BCUT2D eigenvalue weighted by atomic mass is 10.1. The van der Waals surface area contributed by atoms with Crippen LogP contribution >= 0.6 is 11.6 Å². The van der Waals surface area contributed by atoms with Crippen LogP contribution in [0.2, 0.25) is 5.02 Å². The Kier molecular flexibility index (Phi) is 6.28. The van der Waals surface area contributed by atoms with Crippen molar-refractivity contribution in [3.05, 3.63) is 95.5 Å². The van der Waals surface area contributed by atoms with Crippen molar-refractivity contribution in [2.24, 2.45) is 0 Å². The van der Waals surface area contributed by atoms with Gasteiger partial charge in [-0.25, -0.2) is 14.4 Å². The predicted octanol–water partition coefficient (Wildman–Crippen LogP) is 5.94. The van der Waals surface area contributed by atoms with Crippen molar-refractivity contribution in [3.63, 3.8) is 0 Å². The van der Waals surface area contributed by atoms with Gasteiger partial charge in [-0.05, 0) is 54.1 Å². The summed E-state index contributed by atoms with van der Waals surface area (Å²) in [5.41, 5.74) is 3.24. The average molecular weight is 449 g/mol. The molecule has 0 unspecified atom stereocenters. The van der Waals surface area contributed by atoms with Crippen molar-refractivity contribution in [1.29, 1.82) is 0 Å². The van der Waals surface area contributed by atoms with Gasteiger partial charge in [-0.2, -0.15) is 0 Å². The van der Waals surface area contributed by atoms with Gasteiger partial charge in [0.05, 0.1) is 12.1 Å². The average Bonchev–Trinajstić information content (AvgIpc) is 2.80. The zero-order valence-electron chi connectivity index (χ0n) is 17.0. The van der Waals surface area contributed by atoms with Crippen LogP contribution in [0.25, 0.3) is 11.1 Å². The minimum atomic E-state index is -0.299. The van der Waals surface area contributed by atoms with E-state index in [0.717, 1.165) is 11.1 Å². The highest BCUT2D eigenvalue weighted by atomic mass is 35.5. The molecule has 0 atom stereocenters. The van der Waals surface area contributed by atoms with Gasteiger partial charge in [0.1, 0.15) is 11.6 Å². The van der Waals surface area contributed by atoms with Gasteiger partial charge >= 0.3 is 0 Å². The largest absolute Gasteiger partial charge is 0.495 e. The number of amides is 1. The summed E-state index contributed by atoms with van der Waals surface area (Å²) in [6.07, 6.45) is 3.29. The van der Waals surface area contributed by atoms with Crippen LogP contribution in [-0.2, 0) is 0 Å². The van der Waals surface area contributed by atoms with Crippen LogP contribution < -0.4 is 15.4 Å². The molecule has 0 bridgehead atoms. The summed E-state index contributed by atoms with van der Waals surface area (Å²) >= 11 is 6.11. The molecule has 0 radical (unpaired) electrons. The Balaban J connectivity index is 1.45. The second kappa shape index (κ2) is 9.45. The first-order chi connectivity index (χ1) is 15.5. The number of rotatable bonds is 6. The van der Waals surface area contributed by atoms with E-state index in [4.69, 9.17) is 16.3 Å². The maximum Gasteiger partial charge on any atom is 0.255 e. The molecule has 0 spiro atoms. The van der Waals surface area contributed by atoms with Crippen LogP contribution in [0.15, 0.2) is 79.1 Å². The highest BCUT2D eigenvalue weighted by molar-refractivity contribution is 6.32. The first kappa shape index (κ1) is 21.3. The number of benzene rings is 3. The molecule has 6 nitrogen and oxygen atoms in total. The van der Waals surface area contributed by atoms with Crippen molar-refractivity contribution >= 4 is 34.8 Å². The molecule has 1 heterocycles. The number of halogens is 2. The molecule has 0 aliphatic carbocycles. The van der Waals surface area contributed by atoms with Crippen molar-refractivity contribution in [2.45, 2.75) is 0 Å². The van der Waals surface area contributed by atoms with E-state index in [9.17, 15) is 9.18 Å². The van der Waals surface area contributed by atoms with Gasteiger partial charge in [0.2, 0.25) is 5.95 Å². The first-order valence-corrected chi connectivity index (χ1v) is 9.99. The first-order valence-electron chi connectivity index (χ1n) is 9.62. The molecule has 0 saturated carbocycles. The van der Waals surface area contributed by atoms with E-state index in [1.807, 2.05) is 0 Å². The van der Waals surface area contributed by atoms with Crippen molar-refractivity contribution < 1.29 is 13.9 Å². The molecule has 0 fully saturated rings. The lowest BCUT2D eigenvalue weighted by Gasteiger charge is -2.10. The van der Waals surface area contributed by atoms with E-state index in [1.54, 1.807) is 67.0 Å². The van der Waals surface area contributed by atoms with Gasteiger partial charge in [-0.1, -0.05) is 29.8 Å². The molecule has 4 aromatic rings. The summed E-state index contributed by atoms with van der Waals surface area (Å²) in [5.74, 6) is 0.311. The Labute approximate surface area is 189 Å². The van der Waals surface area contributed by atoms with Gasteiger partial charge in [0.15, 0.2) is 0 Å². The standard InChI is InChI=1S/C24H18ClFN4O2/c1-32-22-10-9-20(12-21(22)25)29-23(31)16-3-2-4-19(11-16)30-24-27-13-17(14-28-24)15-5-7-18(26)8-6-15/h2-14H,1H3,(H,29,31)(H,27,28,30). The summed E-state index contributed by atoms with van der Waals surface area (Å²) in [4.78, 5) is 21.2. The molecule has 160 valence electrons. The second-order valence-corrected chi connectivity index (χ2v) is 7.22. The monoisotopic (exact) mass is 448 g/mol. The fourth-order valence-electron chi connectivity index (χ4n) is 3.00. The molecule has 1 amide bonds. The van der Waals surface area contributed by atoms with E-state index in [-0.39, 0.29) is 11.7 Å². The Morgan fingerprint density at radius 2 is 1.69 bits per heavy atom. The fourth-order valence-corrected chi connectivity index (χ4v) is 3.26. The van der Waals surface area contributed by atoms with Gasteiger partial charge in [0.25, 0.3) is 5.91 Å². The van der Waals surface area contributed by atoms with E-state index in [2.05, 4.69) is 20.6 Å². The molecular weight excluding hydrogens is 431 g/mol. The Bertz CT molecular complexity index is 1250. The van der Waals surface area contributed by atoms with Gasteiger partial charge in [-0.15, -0.1) is 0 Å². The van der Waals surface area contributed by atoms with Crippen LogP contribution in [0.4, 0.5) is 21.7 Å². The summed E-state index contributed by atoms with van der Waals surface area (Å²) in [5, 5.41) is 6.29. The van der Waals surface area contributed by atoms with Crippen molar-refractivity contribution in [2.75, 3.05) is 17.7 Å². The number of carbonyl (C=O) groups excluding carboxylic acids is 1.